The summed E-state index contributed by atoms with van der Waals surface area (Å²) in [5.74, 6) is 0. The predicted molar refractivity (Wildman–Crippen MR) is 95.2 cm³/mol. The van der Waals surface area contributed by atoms with E-state index in [4.69, 9.17) is 23.7 Å². The second kappa shape index (κ2) is 10.8. The molecule has 0 aromatic carbocycles. The molecule has 188 valence electrons. The van der Waals surface area contributed by atoms with Crippen LogP contribution in [0.25, 0.3) is 0 Å². The van der Waals surface area contributed by atoms with Gasteiger partial charge in [0.2, 0.25) is 0 Å². The first-order chi connectivity index (χ1) is 15.1. The van der Waals surface area contributed by atoms with Gasteiger partial charge in [0.05, 0.1) is 19.8 Å². The van der Waals surface area contributed by atoms with E-state index in [9.17, 15) is 51.1 Å². The quantitative estimate of drug-likeness (QED) is 0.172. The molecule has 3 aliphatic rings. The van der Waals surface area contributed by atoms with Gasteiger partial charge in [0.1, 0.15) is 67.1 Å². The molecule has 0 radical (unpaired) electrons. The Labute approximate surface area is 181 Å². The average molecular weight is 474 g/mol. The zero-order chi connectivity index (χ0) is 23.7. The van der Waals surface area contributed by atoms with Crippen LogP contribution >= 0.6 is 0 Å². The summed E-state index contributed by atoms with van der Waals surface area (Å²) >= 11 is 0. The maximum Gasteiger partial charge on any atom is 0.189 e. The van der Waals surface area contributed by atoms with Gasteiger partial charge in [0.15, 0.2) is 18.9 Å². The Morgan fingerprint density at radius 3 is 1.66 bits per heavy atom. The second-order valence-electron chi connectivity index (χ2n) is 7.93. The molecule has 3 aliphatic heterocycles. The number of aliphatic hydroxyl groups is 10. The van der Waals surface area contributed by atoms with Gasteiger partial charge in [0, 0.05) is 0 Å². The van der Waals surface area contributed by atoms with Gasteiger partial charge >= 0.3 is 0 Å². The fourth-order valence-corrected chi connectivity index (χ4v) is 3.59. The standard InChI is InChI=1S/C17H30O15/c18-1-5-8(21)10(23)13(26)16(30-5)32-17-14(27)11(24)9(22)6(31-17)3-29-15-12(25)7(20)4(19)2-28-15/h4-27H,1-3H2/t4-,5-,6-,7+,8-,9-,10+,11+,12-,13-,14-,15+,16-,17-/m1/s1. The van der Waals surface area contributed by atoms with Crippen molar-refractivity contribution in [3.05, 3.63) is 0 Å². The van der Waals surface area contributed by atoms with E-state index in [0.717, 1.165) is 0 Å². The molecular weight excluding hydrogens is 444 g/mol. The molecule has 10 N–H and O–H groups in total. The van der Waals surface area contributed by atoms with Crippen molar-refractivity contribution < 1.29 is 74.7 Å². The highest BCUT2D eigenvalue weighted by molar-refractivity contribution is 4.92. The normalized spacial score (nSPS) is 52.7. The van der Waals surface area contributed by atoms with Crippen molar-refractivity contribution in [2.24, 2.45) is 0 Å². The summed E-state index contributed by atoms with van der Waals surface area (Å²) in [5, 5.41) is 98.5. The van der Waals surface area contributed by atoms with Crippen molar-refractivity contribution in [2.75, 3.05) is 19.8 Å². The predicted octanol–water partition coefficient (Wildman–Crippen LogP) is -6.93. The largest absolute Gasteiger partial charge is 0.394 e. The van der Waals surface area contributed by atoms with Gasteiger partial charge in [0.25, 0.3) is 0 Å². The van der Waals surface area contributed by atoms with Gasteiger partial charge in [-0.05, 0) is 0 Å². The molecule has 0 aromatic heterocycles. The van der Waals surface area contributed by atoms with E-state index in [1.807, 2.05) is 0 Å². The van der Waals surface area contributed by atoms with Crippen molar-refractivity contribution in [3.63, 3.8) is 0 Å². The van der Waals surface area contributed by atoms with Gasteiger partial charge in [-0.2, -0.15) is 0 Å². The minimum Gasteiger partial charge on any atom is -0.394 e. The lowest BCUT2D eigenvalue weighted by Gasteiger charge is -2.45. The molecular formula is C17H30O15. The lowest BCUT2D eigenvalue weighted by Crippen LogP contribution is -2.64. The maximum atomic E-state index is 10.2. The zero-order valence-electron chi connectivity index (χ0n) is 16.7. The zero-order valence-corrected chi connectivity index (χ0v) is 16.7. The molecule has 3 rings (SSSR count). The van der Waals surface area contributed by atoms with Crippen LogP contribution in [0.3, 0.4) is 0 Å². The molecule has 15 nitrogen and oxygen atoms in total. The van der Waals surface area contributed by atoms with E-state index >= 15 is 0 Å². The van der Waals surface area contributed by atoms with Crippen LogP contribution in [0.1, 0.15) is 0 Å². The molecule has 32 heavy (non-hydrogen) atoms. The summed E-state index contributed by atoms with van der Waals surface area (Å²) in [6.07, 6.45) is -22.4. The van der Waals surface area contributed by atoms with Crippen molar-refractivity contribution in [1.29, 1.82) is 0 Å². The van der Waals surface area contributed by atoms with E-state index < -0.39 is 99.2 Å². The van der Waals surface area contributed by atoms with Crippen LogP contribution in [-0.2, 0) is 23.7 Å². The highest BCUT2D eigenvalue weighted by Gasteiger charge is 2.50. The summed E-state index contributed by atoms with van der Waals surface area (Å²) in [7, 11) is 0. The second-order valence-corrected chi connectivity index (χ2v) is 7.93. The summed E-state index contributed by atoms with van der Waals surface area (Å²) in [4.78, 5) is 0. The SMILES string of the molecule is OC[C@H]1O[C@H](O[C@H]2O[C@H](CO[C@@H]3OC[C@@H](O)[C@H](O)[C@H]3O)[C@@H](O)[C@H](O)[C@H]2O)[C@H](O)[C@@H](O)[C@@H]1O. The molecule has 3 saturated heterocycles. The molecule has 0 amide bonds. The first-order valence-corrected chi connectivity index (χ1v) is 9.99. The Morgan fingerprint density at radius 2 is 1.09 bits per heavy atom. The van der Waals surface area contributed by atoms with Crippen LogP contribution in [0.15, 0.2) is 0 Å². The summed E-state index contributed by atoms with van der Waals surface area (Å²) in [6.45, 7) is -1.58. The van der Waals surface area contributed by atoms with Crippen LogP contribution in [0, 0.1) is 0 Å². The fourth-order valence-electron chi connectivity index (χ4n) is 3.59. The van der Waals surface area contributed by atoms with Crippen LogP contribution in [-0.4, -0.2) is 157 Å². The van der Waals surface area contributed by atoms with Crippen LogP contribution < -0.4 is 0 Å². The van der Waals surface area contributed by atoms with Gasteiger partial charge in [-0.3, -0.25) is 0 Å². The van der Waals surface area contributed by atoms with E-state index in [-0.39, 0.29) is 6.61 Å². The minimum absolute atomic E-state index is 0.332. The van der Waals surface area contributed by atoms with E-state index in [1.54, 1.807) is 0 Å². The number of aliphatic hydroxyl groups excluding tert-OH is 10. The first-order valence-electron chi connectivity index (χ1n) is 9.99. The van der Waals surface area contributed by atoms with Gasteiger partial charge in [-0.15, -0.1) is 0 Å². The van der Waals surface area contributed by atoms with Crippen LogP contribution in [0.2, 0.25) is 0 Å². The number of ether oxygens (including phenoxy) is 5. The van der Waals surface area contributed by atoms with Crippen molar-refractivity contribution in [2.45, 2.75) is 86.0 Å². The Kier molecular flexibility index (Phi) is 8.75. The molecule has 15 heteroatoms. The summed E-state index contributed by atoms with van der Waals surface area (Å²) < 4.78 is 26.2. The number of hydrogen-bond donors (Lipinski definition) is 10. The molecule has 0 aliphatic carbocycles. The molecule has 0 bridgehead atoms. The third kappa shape index (κ3) is 5.22. The highest BCUT2D eigenvalue weighted by atomic mass is 16.8. The Hall–Kier alpha value is -0.600. The molecule has 0 spiro atoms. The van der Waals surface area contributed by atoms with Crippen molar-refractivity contribution in [3.8, 4) is 0 Å². The molecule has 0 unspecified atom stereocenters. The number of rotatable bonds is 6. The molecule has 3 fully saturated rings. The molecule has 3 heterocycles. The van der Waals surface area contributed by atoms with Gasteiger partial charge < -0.3 is 74.7 Å². The maximum absolute atomic E-state index is 10.2. The Morgan fingerprint density at radius 1 is 0.594 bits per heavy atom. The topological polar surface area (TPSA) is 248 Å². The summed E-state index contributed by atoms with van der Waals surface area (Å²) in [6, 6.07) is 0. The average Bonchev–Trinajstić information content (AvgIpc) is 2.78. The van der Waals surface area contributed by atoms with Gasteiger partial charge in [-0.25, -0.2) is 0 Å². The lowest BCUT2D eigenvalue weighted by atomic mass is 9.98. The smallest absolute Gasteiger partial charge is 0.189 e. The van der Waals surface area contributed by atoms with Crippen molar-refractivity contribution in [1.82, 2.24) is 0 Å². The fraction of sp³-hybridized carbons (Fsp3) is 1.00. The first kappa shape index (κ1) is 26.0. The third-order valence-corrected chi connectivity index (χ3v) is 5.66. The molecule has 14 atom stereocenters. The highest BCUT2D eigenvalue weighted by Crippen LogP contribution is 2.28. The van der Waals surface area contributed by atoms with Crippen LogP contribution in [0.5, 0.6) is 0 Å². The van der Waals surface area contributed by atoms with Crippen molar-refractivity contribution >= 4 is 0 Å². The monoisotopic (exact) mass is 474 g/mol. The number of hydrogen-bond acceptors (Lipinski definition) is 15. The molecule has 0 saturated carbocycles. The minimum atomic E-state index is -1.83. The Bertz CT molecular complexity index is 594. The van der Waals surface area contributed by atoms with Gasteiger partial charge in [-0.1, -0.05) is 0 Å². The van der Waals surface area contributed by atoms with E-state index in [2.05, 4.69) is 0 Å². The van der Waals surface area contributed by atoms with Crippen LogP contribution in [0.4, 0.5) is 0 Å². The Balaban J connectivity index is 1.62. The molecule has 0 aromatic rings. The summed E-state index contributed by atoms with van der Waals surface area (Å²) in [5.41, 5.74) is 0. The van der Waals surface area contributed by atoms with E-state index in [0.29, 0.717) is 0 Å². The lowest BCUT2D eigenvalue weighted by molar-refractivity contribution is -0.380. The van der Waals surface area contributed by atoms with E-state index in [1.165, 1.54) is 0 Å². The third-order valence-electron chi connectivity index (χ3n) is 5.66.